The Morgan fingerprint density at radius 3 is 2.16 bits per heavy atom. The van der Waals surface area contributed by atoms with E-state index in [1.54, 1.807) is 6.92 Å². The maximum absolute atomic E-state index is 12.2. The predicted molar refractivity (Wildman–Crippen MR) is 78.5 cm³/mol. The lowest BCUT2D eigenvalue weighted by Crippen LogP contribution is -2.41. The first-order valence-corrected chi connectivity index (χ1v) is 9.28. The monoisotopic (exact) mass is 288 g/mol. The molecule has 0 radical (unpaired) electrons. The van der Waals surface area contributed by atoms with Crippen LogP contribution in [0.4, 0.5) is 0 Å². The van der Waals surface area contributed by atoms with E-state index in [2.05, 4.69) is 17.0 Å². The second-order valence-electron chi connectivity index (χ2n) is 6.25. The summed E-state index contributed by atoms with van der Waals surface area (Å²) >= 11 is 0. The van der Waals surface area contributed by atoms with Crippen molar-refractivity contribution in [3.8, 4) is 0 Å². The molecule has 0 saturated heterocycles. The molecule has 5 heteroatoms. The van der Waals surface area contributed by atoms with Crippen LogP contribution in [-0.2, 0) is 10.0 Å². The first-order valence-electron chi connectivity index (χ1n) is 7.73. The van der Waals surface area contributed by atoms with E-state index in [0.29, 0.717) is 19.0 Å². The van der Waals surface area contributed by atoms with E-state index >= 15 is 0 Å². The van der Waals surface area contributed by atoms with Crippen LogP contribution in [0.2, 0.25) is 0 Å². The van der Waals surface area contributed by atoms with Gasteiger partial charge < -0.3 is 5.32 Å². The van der Waals surface area contributed by atoms with Gasteiger partial charge in [0.1, 0.15) is 0 Å². The van der Waals surface area contributed by atoms with Gasteiger partial charge in [0.25, 0.3) is 0 Å². The molecule has 2 rings (SSSR count). The summed E-state index contributed by atoms with van der Waals surface area (Å²) in [6.45, 7) is 5.96. The van der Waals surface area contributed by atoms with Crippen LogP contribution in [0, 0.1) is 17.8 Å². The average Bonchev–Trinajstić information content (AvgIpc) is 3.23. The molecule has 2 fully saturated rings. The SMILES string of the molecule is CCCNCC(C)S(=O)(=O)NCC(C1CC1)C1CC1. The van der Waals surface area contributed by atoms with Gasteiger partial charge in [-0.3, -0.25) is 0 Å². The van der Waals surface area contributed by atoms with E-state index in [1.165, 1.54) is 25.7 Å². The van der Waals surface area contributed by atoms with Crippen molar-refractivity contribution in [2.45, 2.75) is 51.2 Å². The number of rotatable bonds is 10. The number of sulfonamides is 1. The van der Waals surface area contributed by atoms with Crippen molar-refractivity contribution >= 4 is 10.0 Å². The summed E-state index contributed by atoms with van der Waals surface area (Å²) in [5.41, 5.74) is 0. The Morgan fingerprint density at radius 1 is 1.11 bits per heavy atom. The van der Waals surface area contributed by atoms with Crippen LogP contribution in [-0.4, -0.2) is 33.3 Å². The molecule has 19 heavy (non-hydrogen) atoms. The lowest BCUT2D eigenvalue weighted by molar-refractivity contribution is 0.400. The van der Waals surface area contributed by atoms with Crippen LogP contribution < -0.4 is 10.0 Å². The molecule has 0 spiro atoms. The van der Waals surface area contributed by atoms with Crippen LogP contribution in [0.15, 0.2) is 0 Å². The Labute approximate surface area is 117 Å². The summed E-state index contributed by atoms with van der Waals surface area (Å²) in [7, 11) is -3.16. The van der Waals surface area contributed by atoms with Crippen molar-refractivity contribution in [3.63, 3.8) is 0 Å². The highest BCUT2D eigenvalue weighted by atomic mass is 32.2. The molecule has 1 atom stereocenters. The summed E-state index contributed by atoms with van der Waals surface area (Å²) in [5, 5.41) is 2.83. The zero-order valence-electron chi connectivity index (χ0n) is 12.2. The molecule has 2 aliphatic carbocycles. The fraction of sp³-hybridized carbons (Fsp3) is 1.00. The van der Waals surface area contributed by atoms with E-state index in [4.69, 9.17) is 0 Å². The van der Waals surface area contributed by atoms with Crippen molar-refractivity contribution < 1.29 is 8.42 Å². The Hall–Kier alpha value is -0.130. The summed E-state index contributed by atoms with van der Waals surface area (Å²) in [4.78, 5) is 0. The van der Waals surface area contributed by atoms with Crippen LogP contribution in [0.25, 0.3) is 0 Å². The van der Waals surface area contributed by atoms with E-state index in [-0.39, 0.29) is 5.25 Å². The maximum atomic E-state index is 12.2. The topological polar surface area (TPSA) is 58.2 Å². The van der Waals surface area contributed by atoms with Crippen LogP contribution >= 0.6 is 0 Å². The van der Waals surface area contributed by atoms with Gasteiger partial charge in [-0.05, 0) is 63.3 Å². The average molecular weight is 288 g/mol. The third kappa shape index (κ3) is 4.72. The van der Waals surface area contributed by atoms with Gasteiger partial charge in [0.2, 0.25) is 10.0 Å². The Morgan fingerprint density at radius 2 is 1.68 bits per heavy atom. The molecule has 1 unspecified atom stereocenters. The highest BCUT2D eigenvalue weighted by Crippen LogP contribution is 2.48. The first-order chi connectivity index (χ1) is 9.04. The predicted octanol–water partition coefficient (Wildman–Crippen LogP) is 1.73. The van der Waals surface area contributed by atoms with Gasteiger partial charge in [0.05, 0.1) is 5.25 Å². The molecule has 0 heterocycles. The van der Waals surface area contributed by atoms with Gasteiger partial charge in [-0.1, -0.05) is 6.92 Å². The summed E-state index contributed by atoms with van der Waals surface area (Å²) in [5.74, 6) is 2.19. The summed E-state index contributed by atoms with van der Waals surface area (Å²) in [6.07, 6.45) is 6.24. The molecule has 0 aromatic carbocycles. The van der Waals surface area contributed by atoms with Gasteiger partial charge in [0, 0.05) is 13.1 Å². The quantitative estimate of drug-likeness (QED) is 0.602. The minimum atomic E-state index is -3.16. The van der Waals surface area contributed by atoms with Gasteiger partial charge in [0.15, 0.2) is 0 Å². The van der Waals surface area contributed by atoms with Crippen molar-refractivity contribution in [1.29, 1.82) is 0 Å². The van der Waals surface area contributed by atoms with Gasteiger partial charge in [-0.15, -0.1) is 0 Å². The smallest absolute Gasteiger partial charge is 0.215 e. The molecular formula is C14H28N2O2S. The number of nitrogens with one attached hydrogen (secondary N) is 2. The van der Waals surface area contributed by atoms with Crippen molar-refractivity contribution in [3.05, 3.63) is 0 Å². The minimum Gasteiger partial charge on any atom is -0.315 e. The summed E-state index contributed by atoms with van der Waals surface area (Å²) in [6, 6.07) is 0. The minimum absolute atomic E-state index is 0.349. The standard InChI is InChI=1S/C14H28N2O2S/c1-3-8-15-9-11(2)19(17,18)16-10-14(12-4-5-12)13-6-7-13/h11-16H,3-10H2,1-2H3. The molecule has 0 aromatic heterocycles. The van der Waals surface area contributed by atoms with E-state index in [0.717, 1.165) is 24.8 Å². The Kier molecular flexibility index (Phi) is 5.26. The van der Waals surface area contributed by atoms with Gasteiger partial charge in [-0.2, -0.15) is 0 Å². The zero-order valence-corrected chi connectivity index (χ0v) is 13.0. The Balaban J connectivity index is 1.75. The lowest BCUT2D eigenvalue weighted by atomic mass is 9.99. The third-order valence-electron chi connectivity index (χ3n) is 4.36. The van der Waals surface area contributed by atoms with Gasteiger partial charge in [-0.25, -0.2) is 13.1 Å². The molecule has 0 aromatic rings. The van der Waals surface area contributed by atoms with Crippen molar-refractivity contribution in [2.75, 3.05) is 19.6 Å². The molecule has 4 nitrogen and oxygen atoms in total. The van der Waals surface area contributed by atoms with E-state index < -0.39 is 10.0 Å². The first kappa shape index (κ1) is 15.3. The van der Waals surface area contributed by atoms with E-state index in [9.17, 15) is 8.42 Å². The highest BCUT2D eigenvalue weighted by molar-refractivity contribution is 7.90. The molecule has 0 bridgehead atoms. The molecule has 0 aliphatic heterocycles. The molecule has 2 N–H and O–H groups in total. The second-order valence-corrected chi connectivity index (χ2v) is 8.43. The Bertz CT molecular complexity index is 363. The zero-order chi connectivity index (χ0) is 13.9. The largest absolute Gasteiger partial charge is 0.315 e. The molecule has 2 saturated carbocycles. The molecule has 112 valence electrons. The van der Waals surface area contributed by atoms with Crippen molar-refractivity contribution in [1.82, 2.24) is 10.0 Å². The van der Waals surface area contributed by atoms with Crippen LogP contribution in [0.5, 0.6) is 0 Å². The molecule has 2 aliphatic rings. The van der Waals surface area contributed by atoms with Crippen LogP contribution in [0.1, 0.15) is 46.0 Å². The maximum Gasteiger partial charge on any atom is 0.215 e. The molecular weight excluding hydrogens is 260 g/mol. The van der Waals surface area contributed by atoms with Gasteiger partial charge >= 0.3 is 0 Å². The highest BCUT2D eigenvalue weighted by Gasteiger charge is 2.41. The fourth-order valence-electron chi connectivity index (χ4n) is 2.71. The van der Waals surface area contributed by atoms with Crippen LogP contribution in [0.3, 0.4) is 0 Å². The van der Waals surface area contributed by atoms with Crippen molar-refractivity contribution in [2.24, 2.45) is 17.8 Å². The second kappa shape index (κ2) is 6.55. The number of hydrogen-bond donors (Lipinski definition) is 2. The third-order valence-corrected chi connectivity index (χ3v) is 6.16. The molecule has 0 amide bonds. The fourth-order valence-corrected chi connectivity index (χ4v) is 3.76. The number of hydrogen-bond acceptors (Lipinski definition) is 3. The summed E-state index contributed by atoms with van der Waals surface area (Å²) < 4.78 is 27.2. The van der Waals surface area contributed by atoms with E-state index in [1.807, 2.05) is 0 Å². The lowest BCUT2D eigenvalue weighted by Gasteiger charge is -2.19. The normalized spacial score (nSPS) is 21.8.